The standard InChI is InChI=1S/C16H21NO3/c1-5-9-19-14-8-6-7-12-10-17(11-13(12)14)15(18)20-16(2,3)4/h5-8H,1,9-11H2,2-4H3. The molecule has 0 aromatic heterocycles. The monoisotopic (exact) mass is 275 g/mol. The van der Waals surface area contributed by atoms with Crippen LogP contribution >= 0.6 is 0 Å². The average molecular weight is 275 g/mol. The SMILES string of the molecule is C=CCOc1cccc2c1CN(C(=O)OC(C)(C)C)C2. The van der Waals surface area contributed by atoms with Crippen molar-refractivity contribution in [2.24, 2.45) is 0 Å². The van der Waals surface area contributed by atoms with Gasteiger partial charge in [0.1, 0.15) is 18.0 Å². The smallest absolute Gasteiger partial charge is 0.410 e. The first-order valence-corrected chi connectivity index (χ1v) is 6.73. The molecule has 1 amide bonds. The van der Waals surface area contributed by atoms with E-state index in [9.17, 15) is 4.79 Å². The maximum atomic E-state index is 12.1. The maximum Gasteiger partial charge on any atom is 0.410 e. The lowest BCUT2D eigenvalue weighted by Crippen LogP contribution is -2.33. The molecule has 0 aliphatic carbocycles. The Morgan fingerprint density at radius 3 is 2.80 bits per heavy atom. The minimum absolute atomic E-state index is 0.289. The van der Waals surface area contributed by atoms with E-state index in [1.54, 1.807) is 11.0 Å². The summed E-state index contributed by atoms with van der Waals surface area (Å²) in [6.45, 7) is 10.8. The number of amides is 1. The number of rotatable bonds is 3. The zero-order valence-electron chi connectivity index (χ0n) is 12.3. The van der Waals surface area contributed by atoms with E-state index >= 15 is 0 Å². The van der Waals surface area contributed by atoms with Crippen LogP contribution < -0.4 is 4.74 Å². The van der Waals surface area contributed by atoms with Crippen LogP contribution in [0.3, 0.4) is 0 Å². The fraction of sp³-hybridized carbons (Fsp3) is 0.438. The maximum absolute atomic E-state index is 12.1. The fourth-order valence-electron chi connectivity index (χ4n) is 2.13. The van der Waals surface area contributed by atoms with E-state index in [1.165, 1.54) is 0 Å². The second-order valence-corrected chi connectivity index (χ2v) is 5.83. The van der Waals surface area contributed by atoms with Crippen molar-refractivity contribution in [3.8, 4) is 5.75 Å². The van der Waals surface area contributed by atoms with Crippen molar-refractivity contribution in [3.63, 3.8) is 0 Å². The molecule has 0 saturated carbocycles. The van der Waals surface area contributed by atoms with Crippen LogP contribution in [0.15, 0.2) is 30.9 Å². The summed E-state index contributed by atoms with van der Waals surface area (Å²) in [5.41, 5.74) is 1.69. The van der Waals surface area contributed by atoms with E-state index in [0.29, 0.717) is 19.7 Å². The van der Waals surface area contributed by atoms with Gasteiger partial charge in [0.2, 0.25) is 0 Å². The third-order valence-corrected chi connectivity index (χ3v) is 2.95. The molecule has 1 aromatic carbocycles. The molecule has 0 atom stereocenters. The normalized spacial score (nSPS) is 13.8. The third kappa shape index (κ3) is 3.32. The minimum Gasteiger partial charge on any atom is -0.489 e. The van der Waals surface area contributed by atoms with Crippen LogP contribution in [0.5, 0.6) is 5.75 Å². The second kappa shape index (κ2) is 5.57. The van der Waals surface area contributed by atoms with Gasteiger partial charge >= 0.3 is 6.09 Å². The van der Waals surface area contributed by atoms with Crippen molar-refractivity contribution in [1.29, 1.82) is 0 Å². The Balaban J connectivity index is 2.10. The van der Waals surface area contributed by atoms with Crippen molar-refractivity contribution in [2.75, 3.05) is 6.61 Å². The van der Waals surface area contributed by atoms with Gasteiger partial charge in [-0.25, -0.2) is 4.79 Å². The van der Waals surface area contributed by atoms with Crippen molar-refractivity contribution < 1.29 is 14.3 Å². The Labute approximate surface area is 120 Å². The number of nitrogens with zero attached hydrogens (tertiary/aromatic N) is 1. The van der Waals surface area contributed by atoms with E-state index in [0.717, 1.165) is 16.9 Å². The molecule has 1 aromatic rings. The summed E-state index contributed by atoms with van der Waals surface area (Å²) in [6, 6.07) is 5.87. The number of fused-ring (bicyclic) bond motifs is 1. The summed E-state index contributed by atoms with van der Waals surface area (Å²) in [5, 5.41) is 0. The van der Waals surface area contributed by atoms with Crippen LogP contribution in [0, 0.1) is 0 Å². The van der Waals surface area contributed by atoms with Gasteiger partial charge in [-0.15, -0.1) is 0 Å². The van der Waals surface area contributed by atoms with E-state index in [-0.39, 0.29) is 6.09 Å². The third-order valence-electron chi connectivity index (χ3n) is 2.95. The Morgan fingerprint density at radius 2 is 2.15 bits per heavy atom. The van der Waals surface area contributed by atoms with Gasteiger partial charge in [-0.2, -0.15) is 0 Å². The van der Waals surface area contributed by atoms with E-state index in [2.05, 4.69) is 6.58 Å². The lowest BCUT2D eigenvalue weighted by molar-refractivity contribution is 0.0241. The molecular weight excluding hydrogens is 254 g/mol. The van der Waals surface area contributed by atoms with Gasteiger partial charge in [0.25, 0.3) is 0 Å². The molecule has 0 bridgehead atoms. The summed E-state index contributed by atoms with van der Waals surface area (Å²) in [7, 11) is 0. The minimum atomic E-state index is -0.478. The average Bonchev–Trinajstić information content (AvgIpc) is 2.78. The molecule has 2 rings (SSSR count). The summed E-state index contributed by atoms with van der Waals surface area (Å²) in [4.78, 5) is 13.8. The van der Waals surface area contributed by atoms with Gasteiger partial charge in [-0.1, -0.05) is 24.8 Å². The molecule has 4 heteroatoms. The van der Waals surface area contributed by atoms with E-state index < -0.39 is 5.60 Å². The number of hydrogen-bond acceptors (Lipinski definition) is 3. The molecule has 0 radical (unpaired) electrons. The Kier molecular flexibility index (Phi) is 4.02. The Morgan fingerprint density at radius 1 is 1.40 bits per heavy atom. The van der Waals surface area contributed by atoms with Crippen molar-refractivity contribution in [3.05, 3.63) is 42.0 Å². The van der Waals surface area contributed by atoms with Gasteiger partial charge < -0.3 is 9.47 Å². The highest BCUT2D eigenvalue weighted by Crippen LogP contribution is 2.31. The molecule has 108 valence electrons. The van der Waals surface area contributed by atoms with Crippen LogP contribution in [0.4, 0.5) is 4.79 Å². The summed E-state index contributed by atoms with van der Waals surface area (Å²) >= 11 is 0. The van der Waals surface area contributed by atoms with Crippen LogP contribution in [-0.4, -0.2) is 23.2 Å². The highest BCUT2D eigenvalue weighted by Gasteiger charge is 2.29. The highest BCUT2D eigenvalue weighted by atomic mass is 16.6. The molecular formula is C16H21NO3. The molecule has 0 N–H and O–H groups in total. The molecule has 1 aliphatic rings. The summed E-state index contributed by atoms with van der Waals surface area (Å²) in [5.74, 6) is 0.813. The van der Waals surface area contributed by atoms with E-state index in [1.807, 2.05) is 39.0 Å². The number of carbonyl (C=O) groups excluding carboxylic acids is 1. The van der Waals surface area contributed by atoms with Crippen LogP contribution in [0.25, 0.3) is 0 Å². The van der Waals surface area contributed by atoms with Gasteiger partial charge in [-0.05, 0) is 32.4 Å². The first-order valence-electron chi connectivity index (χ1n) is 6.73. The van der Waals surface area contributed by atoms with Gasteiger partial charge in [0.05, 0.1) is 6.54 Å². The Hall–Kier alpha value is -1.97. The zero-order chi connectivity index (χ0) is 14.8. The van der Waals surface area contributed by atoms with Crippen molar-refractivity contribution >= 4 is 6.09 Å². The molecule has 0 saturated heterocycles. The number of hydrogen-bond donors (Lipinski definition) is 0. The van der Waals surface area contributed by atoms with Gasteiger partial charge in [0.15, 0.2) is 0 Å². The van der Waals surface area contributed by atoms with E-state index in [4.69, 9.17) is 9.47 Å². The number of ether oxygens (including phenoxy) is 2. The van der Waals surface area contributed by atoms with Gasteiger partial charge in [-0.3, -0.25) is 4.90 Å². The largest absolute Gasteiger partial charge is 0.489 e. The zero-order valence-corrected chi connectivity index (χ0v) is 12.3. The summed E-state index contributed by atoms with van der Waals surface area (Å²) in [6.07, 6.45) is 1.42. The number of carbonyl (C=O) groups is 1. The Bertz CT molecular complexity index is 517. The molecule has 4 nitrogen and oxygen atoms in total. The van der Waals surface area contributed by atoms with Crippen molar-refractivity contribution in [2.45, 2.75) is 39.5 Å². The topological polar surface area (TPSA) is 38.8 Å². The lowest BCUT2D eigenvalue weighted by atomic mass is 10.1. The second-order valence-electron chi connectivity index (χ2n) is 5.83. The first-order chi connectivity index (χ1) is 9.40. The molecule has 20 heavy (non-hydrogen) atoms. The van der Waals surface area contributed by atoms with Crippen molar-refractivity contribution in [1.82, 2.24) is 4.90 Å². The number of benzene rings is 1. The summed E-state index contributed by atoms with van der Waals surface area (Å²) < 4.78 is 11.0. The molecule has 0 spiro atoms. The van der Waals surface area contributed by atoms with Gasteiger partial charge in [0, 0.05) is 12.1 Å². The predicted molar refractivity (Wildman–Crippen MR) is 77.6 cm³/mol. The fourth-order valence-corrected chi connectivity index (χ4v) is 2.13. The molecule has 0 fully saturated rings. The molecule has 1 heterocycles. The van der Waals surface area contributed by atoms with Crippen LogP contribution in [-0.2, 0) is 17.8 Å². The quantitative estimate of drug-likeness (QED) is 0.792. The first kappa shape index (κ1) is 14.4. The highest BCUT2D eigenvalue weighted by molar-refractivity contribution is 5.69. The molecule has 0 unspecified atom stereocenters. The lowest BCUT2D eigenvalue weighted by Gasteiger charge is -2.24. The van der Waals surface area contributed by atoms with Crippen LogP contribution in [0.2, 0.25) is 0 Å². The predicted octanol–water partition coefficient (Wildman–Crippen LogP) is 3.50. The van der Waals surface area contributed by atoms with Crippen LogP contribution in [0.1, 0.15) is 31.9 Å². The molecule has 1 aliphatic heterocycles.